The molecule has 32 heavy (non-hydrogen) atoms. The van der Waals surface area contributed by atoms with Crippen LogP contribution in [0.5, 0.6) is 0 Å². The Labute approximate surface area is 190 Å². The third-order valence-electron chi connectivity index (χ3n) is 6.18. The molecule has 1 saturated carbocycles. The maximum Gasteiger partial charge on any atom is 0.420 e. The van der Waals surface area contributed by atoms with Crippen LogP contribution in [0, 0.1) is 17.8 Å². The van der Waals surface area contributed by atoms with E-state index in [9.17, 15) is 14.4 Å². The molecule has 176 valence electrons. The maximum absolute atomic E-state index is 13.3. The van der Waals surface area contributed by atoms with Crippen molar-refractivity contribution in [2.75, 3.05) is 0 Å². The van der Waals surface area contributed by atoms with E-state index in [2.05, 4.69) is 20.8 Å². The fraction of sp³-hybridized carbons (Fsp3) is 0.640. The molecule has 2 unspecified atom stereocenters. The Kier molecular flexibility index (Phi) is 7.16. The van der Waals surface area contributed by atoms with Gasteiger partial charge in [0.05, 0.1) is 0 Å². The van der Waals surface area contributed by atoms with E-state index in [1.165, 1.54) is 0 Å². The highest BCUT2D eigenvalue weighted by Crippen LogP contribution is 2.39. The molecule has 5 atom stereocenters. The Morgan fingerprint density at radius 1 is 1.12 bits per heavy atom. The number of imide groups is 1. The van der Waals surface area contributed by atoms with Gasteiger partial charge >= 0.3 is 18.2 Å². The minimum absolute atomic E-state index is 0.239. The number of carbonyl (C=O) groups excluding carboxylic acids is 3. The number of nitrogens with zero attached hydrogens (tertiary/aromatic N) is 1. The van der Waals surface area contributed by atoms with Gasteiger partial charge in [-0.15, -0.1) is 0 Å². The van der Waals surface area contributed by atoms with Gasteiger partial charge in [0.2, 0.25) is 6.10 Å². The molecular formula is C25H35NO6. The van der Waals surface area contributed by atoms with Crippen LogP contribution < -0.4 is 0 Å². The van der Waals surface area contributed by atoms with E-state index in [0.29, 0.717) is 17.4 Å². The van der Waals surface area contributed by atoms with Gasteiger partial charge in [0.25, 0.3) is 0 Å². The number of amides is 2. The minimum Gasteiger partial charge on any atom is -0.459 e. The predicted octanol–water partition coefficient (Wildman–Crippen LogP) is 5.49. The lowest BCUT2D eigenvalue weighted by molar-refractivity contribution is -0.165. The van der Waals surface area contributed by atoms with Crippen molar-refractivity contribution < 1.29 is 28.6 Å². The number of cyclic esters (lactones) is 1. The average molecular weight is 446 g/mol. The van der Waals surface area contributed by atoms with Gasteiger partial charge in [0, 0.05) is 0 Å². The molecule has 2 amide bonds. The highest BCUT2D eigenvalue weighted by Gasteiger charge is 2.52. The zero-order valence-electron chi connectivity index (χ0n) is 19.9. The average Bonchev–Trinajstić information content (AvgIpc) is 3.04. The van der Waals surface area contributed by atoms with Crippen LogP contribution in [-0.2, 0) is 19.0 Å². The van der Waals surface area contributed by atoms with E-state index in [1.54, 1.807) is 45.0 Å². The number of hydrogen-bond acceptors (Lipinski definition) is 6. The van der Waals surface area contributed by atoms with Gasteiger partial charge in [0.15, 0.2) is 0 Å². The van der Waals surface area contributed by atoms with Crippen molar-refractivity contribution in [2.24, 2.45) is 17.8 Å². The van der Waals surface area contributed by atoms with Crippen molar-refractivity contribution >= 4 is 18.2 Å². The van der Waals surface area contributed by atoms with Crippen LogP contribution in [-0.4, -0.2) is 40.9 Å². The monoisotopic (exact) mass is 445 g/mol. The first-order valence-corrected chi connectivity index (χ1v) is 11.5. The van der Waals surface area contributed by atoms with E-state index in [4.69, 9.17) is 14.2 Å². The second-order valence-corrected chi connectivity index (χ2v) is 10.3. The Bertz CT molecular complexity index is 831. The molecule has 0 N–H and O–H groups in total. The van der Waals surface area contributed by atoms with Crippen LogP contribution in [0.1, 0.15) is 72.4 Å². The molecule has 0 aromatic heterocycles. The van der Waals surface area contributed by atoms with Crippen molar-refractivity contribution in [3.8, 4) is 0 Å². The molecule has 1 aliphatic heterocycles. The molecule has 7 nitrogen and oxygen atoms in total. The SMILES string of the molecule is CC1CC[C@H](C(C)C)C(OC(=O)[C@@H]2OC(=O)N(C(=O)OC(C)(C)C)[C@H]2c2ccccc2)C1. The van der Waals surface area contributed by atoms with Gasteiger partial charge in [-0.2, -0.15) is 0 Å². The molecule has 2 aliphatic rings. The van der Waals surface area contributed by atoms with Crippen LogP contribution in [0.15, 0.2) is 30.3 Å². The number of esters is 1. The van der Waals surface area contributed by atoms with Crippen LogP contribution in [0.2, 0.25) is 0 Å². The van der Waals surface area contributed by atoms with Crippen molar-refractivity contribution in [2.45, 2.75) is 84.7 Å². The Hall–Kier alpha value is -2.57. The molecule has 1 aromatic carbocycles. The first-order chi connectivity index (χ1) is 15.0. The van der Waals surface area contributed by atoms with Gasteiger partial charge in [-0.1, -0.05) is 57.5 Å². The molecule has 0 radical (unpaired) electrons. The van der Waals surface area contributed by atoms with Crippen molar-refractivity contribution in [1.82, 2.24) is 4.90 Å². The highest BCUT2D eigenvalue weighted by molar-refractivity contribution is 5.94. The largest absolute Gasteiger partial charge is 0.459 e. The zero-order chi connectivity index (χ0) is 23.6. The van der Waals surface area contributed by atoms with E-state index in [1.807, 2.05) is 6.07 Å². The summed E-state index contributed by atoms with van der Waals surface area (Å²) in [5.74, 6) is 0.458. The fourth-order valence-electron chi connectivity index (χ4n) is 4.60. The topological polar surface area (TPSA) is 82.1 Å². The lowest BCUT2D eigenvalue weighted by Crippen LogP contribution is -2.42. The summed E-state index contributed by atoms with van der Waals surface area (Å²) < 4.78 is 16.8. The summed E-state index contributed by atoms with van der Waals surface area (Å²) in [7, 11) is 0. The van der Waals surface area contributed by atoms with Crippen molar-refractivity contribution in [3.63, 3.8) is 0 Å². The second-order valence-electron chi connectivity index (χ2n) is 10.3. The number of ether oxygens (including phenoxy) is 3. The van der Waals surface area contributed by atoms with E-state index < -0.39 is 35.9 Å². The molecule has 0 spiro atoms. The summed E-state index contributed by atoms with van der Waals surface area (Å²) in [5, 5.41) is 0. The second kappa shape index (κ2) is 9.51. The third-order valence-corrected chi connectivity index (χ3v) is 6.18. The lowest BCUT2D eigenvalue weighted by Gasteiger charge is -2.37. The molecule has 0 bridgehead atoms. The summed E-state index contributed by atoms with van der Waals surface area (Å²) in [6.07, 6.45) is -0.368. The summed E-state index contributed by atoms with van der Waals surface area (Å²) in [4.78, 5) is 39.7. The normalized spacial score (nSPS) is 28.4. The molecule has 3 rings (SSSR count). The number of hydrogen-bond donors (Lipinski definition) is 0. The van der Waals surface area contributed by atoms with Gasteiger partial charge in [0.1, 0.15) is 17.7 Å². The van der Waals surface area contributed by atoms with Crippen LogP contribution >= 0.6 is 0 Å². The van der Waals surface area contributed by atoms with E-state index >= 15 is 0 Å². The quantitative estimate of drug-likeness (QED) is 0.450. The zero-order valence-corrected chi connectivity index (χ0v) is 19.9. The third kappa shape index (κ3) is 5.43. The van der Waals surface area contributed by atoms with Crippen molar-refractivity contribution in [1.29, 1.82) is 0 Å². The van der Waals surface area contributed by atoms with E-state index in [0.717, 1.165) is 24.2 Å². The summed E-state index contributed by atoms with van der Waals surface area (Å²) >= 11 is 0. The maximum atomic E-state index is 13.3. The van der Waals surface area contributed by atoms with Crippen LogP contribution in [0.4, 0.5) is 9.59 Å². The summed E-state index contributed by atoms with van der Waals surface area (Å²) in [6.45, 7) is 11.6. The number of rotatable bonds is 4. The van der Waals surface area contributed by atoms with Gasteiger partial charge in [-0.3, -0.25) is 0 Å². The van der Waals surface area contributed by atoms with Gasteiger partial charge in [-0.25, -0.2) is 19.3 Å². The smallest absolute Gasteiger partial charge is 0.420 e. The molecule has 7 heteroatoms. The van der Waals surface area contributed by atoms with E-state index in [-0.39, 0.29) is 12.0 Å². The molecular weight excluding hydrogens is 410 g/mol. The van der Waals surface area contributed by atoms with Crippen molar-refractivity contribution in [3.05, 3.63) is 35.9 Å². The molecule has 2 fully saturated rings. The number of carbonyl (C=O) groups is 3. The first-order valence-electron chi connectivity index (χ1n) is 11.5. The standard InChI is InChI=1S/C25H35NO6/c1-15(2)18-13-12-16(3)14-19(18)30-22(27)21-20(17-10-8-7-9-11-17)26(23(28)31-21)24(29)32-25(4,5)6/h7-11,15-16,18-21H,12-14H2,1-6H3/t16?,18-,19?,20+,21-/m1/s1. The van der Waals surface area contributed by atoms with Crippen LogP contribution in [0.3, 0.4) is 0 Å². The minimum atomic E-state index is -1.25. The molecule has 1 heterocycles. The fourth-order valence-corrected chi connectivity index (χ4v) is 4.60. The lowest BCUT2D eigenvalue weighted by atomic mass is 9.75. The first kappa shape index (κ1) is 24.1. The number of benzene rings is 1. The molecule has 1 saturated heterocycles. The predicted molar refractivity (Wildman–Crippen MR) is 119 cm³/mol. The molecule has 1 aromatic rings. The summed E-state index contributed by atoms with van der Waals surface area (Å²) in [5.41, 5.74) is -0.205. The Morgan fingerprint density at radius 2 is 1.78 bits per heavy atom. The van der Waals surface area contributed by atoms with Crippen LogP contribution in [0.25, 0.3) is 0 Å². The Morgan fingerprint density at radius 3 is 2.38 bits per heavy atom. The summed E-state index contributed by atoms with van der Waals surface area (Å²) in [6, 6.07) is 7.94. The Balaban J connectivity index is 1.87. The molecule has 1 aliphatic carbocycles. The highest BCUT2D eigenvalue weighted by atomic mass is 16.6. The van der Waals surface area contributed by atoms with Gasteiger partial charge < -0.3 is 14.2 Å². The van der Waals surface area contributed by atoms with Gasteiger partial charge in [-0.05, 0) is 56.9 Å².